The predicted octanol–water partition coefficient (Wildman–Crippen LogP) is 5.80. The highest BCUT2D eigenvalue weighted by Crippen LogP contribution is 2.51. The number of ketones is 2. The van der Waals surface area contributed by atoms with Crippen molar-refractivity contribution in [3.8, 4) is 0 Å². The maximum atomic E-state index is 14.0. The number of hydrogen-bond acceptors (Lipinski definition) is 4. The molecule has 0 fully saturated rings. The highest BCUT2D eigenvalue weighted by Gasteiger charge is 2.52. The number of likely N-dealkylation sites (N-methyl/N-ethyl adjacent to an activating group) is 1. The molecule has 5 nitrogen and oxygen atoms in total. The van der Waals surface area contributed by atoms with Crippen molar-refractivity contribution in [2.75, 3.05) is 17.3 Å². The van der Waals surface area contributed by atoms with E-state index >= 15 is 0 Å². The first-order valence-electron chi connectivity index (χ1n) is 11.9. The molecule has 6 heteroatoms. The summed E-state index contributed by atoms with van der Waals surface area (Å²) in [6, 6.07) is 26.3. The van der Waals surface area contributed by atoms with E-state index in [9.17, 15) is 14.4 Å². The molecule has 4 aromatic rings. The van der Waals surface area contributed by atoms with Gasteiger partial charge in [0.15, 0.2) is 17.1 Å². The number of carbonyl (C=O) groups is 3. The molecule has 0 saturated heterocycles. The second-order valence-corrected chi connectivity index (χ2v) is 10.7. The van der Waals surface area contributed by atoms with Gasteiger partial charge in [-0.05, 0) is 64.1 Å². The van der Waals surface area contributed by atoms with E-state index in [4.69, 9.17) is 0 Å². The van der Waals surface area contributed by atoms with Crippen molar-refractivity contribution >= 4 is 57.0 Å². The molecule has 0 bridgehead atoms. The van der Waals surface area contributed by atoms with Crippen LogP contribution in [-0.4, -0.2) is 24.5 Å². The van der Waals surface area contributed by atoms with E-state index in [1.165, 1.54) is 0 Å². The summed E-state index contributed by atoms with van der Waals surface area (Å²) in [5, 5.41) is 3.50. The van der Waals surface area contributed by atoms with E-state index in [0.717, 1.165) is 31.5 Å². The van der Waals surface area contributed by atoms with Crippen LogP contribution in [-0.2, 0) is 10.3 Å². The number of anilines is 2. The van der Waals surface area contributed by atoms with Crippen molar-refractivity contribution in [2.45, 2.75) is 5.54 Å². The lowest BCUT2D eigenvalue weighted by atomic mass is 9.76. The van der Waals surface area contributed by atoms with Gasteiger partial charge in [-0.2, -0.15) is 0 Å². The molecule has 0 saturated carbocycles. The molecular formula is C31H19IN2O3. The van der Waals surface area contributed by atoms with E-state index < -0.39 is 5.54 Å². The maximum absolute atomic E-state index is 14.0. The molecule has 3 aliphatic rings. The number of nitrogens with one attached hydrogen (secondary N) is 1. The summed E-state index contributed by atoms with van der Waals surface area (Å²) in [5.74, 6) is -0.554. The van der Waals surface area contributed by atoms with Crippen LogP contribution in [0.3, 0.4) is 0 Å². The van der Waals surface area contributed by atoms with Gasteiger partial charge in [0.2, 0.25) is 0 Å². The average molecular weight is 594 g/mol. The van der Waals surface area contributed by atoms with Gasteiger partial charge >= 0.3 is 0 Å². The standard InChI is InChI=1S/C31H19IN2O3/c1-34-25-14-11-18(32)15-24(25)31(30(34)37)16-23(17-7-3-2-4-8-17)19-12-13-22-26(27(19)33-31)29(36)21-10-6-5-9-20(21)28(22)35/h2-16,33H,1H3/t31-/m1/s1. The summed E-state index contributed by atoms with van der Waals surface area (Å²) in [5.41, 5.74) is 4.91. The lowest BCUT2D eigenvalue weighted by Crippen LogP contribution is -2.46. The van der Waals surface area contributed by atoms with Crippen molar-refractivity contribution in [1.29, 1.82) is 0 Å². The summed E-state index contributed by atoms with van der Waals surface area (Å²) >= 11 is 2.25. The molecule has 1 aliphatic carbocycles. The molecule has 1 atom stereocenters. The van der Waals surface area contributed by atoms with Crippen LogP contribution in [0.25, 0.3) is 5.57 Å². The molecule has 1 amide bonds. The first-order valence-corrected chi connectivity index (χ1v) is 13.0. The Kier molecular flexibility index (Phi) is 4.63. The zero-order valence-electron chi connectivity index (χ0n) is 19.7. The zero-order valence-corrected chi connectivity index (χ0v) is 21.9. The molecule has 0 aromatic heterocycles. The van der Waals surface area contributed by atoms with E-state index in [2.05, 4.69) is 27.9 Å². The largest absolute Gasteiger partial charge is 0.363 e. The van der Waals surface area contributed by atoms with Gasteiger partial charge in [-0.25, -0.2) is 0 Å². The molecule has 1 N–H and O–H groups in total. The van der Waals surface area contributed by atoms with Crippen LogP contribution in [0.2, 0.25) is 0 Å². The molecule has 1 spiro atoms. The third-order valence-electron chi connectivity index (χ3n) is 7.54. The van der Waals surface area contributed by atoms with Crippen molar-refractivity contribution in [1.82, 2.24) is 0 Å². The Morgan fingerprint density at radius 2 is 1.43 bits per heavy atom. The molecule has 2 aliphatic heterocycles. The minimum Gasteiger partial charge on any atom is -0.363 e. The van der Waals surface area contributed by atoms with Crippen molar-refractivity contribution in [2.24, 2.45) is 0 Å². The average Bonchev–Trinajstić information content (AvgIpc) is 3.12. The molecule has 37 heavy (non-hydrogen) atoms. The van der Waals surface area contributed by atoms with Crippen LogP contribution < -0.4 is 10.2 Å². The maximum Gasteiger partial charge on any atom is 0.261 e. The van der Waals surface area contributed by atoms with Crippen LogP contribution in [0.5, 0.6) is 0 Å². The topological polar surface area (TPSA) is 66.5 Å². The number of amides is 1. The van der Waals surface area contributed by atoms with Gasteiger partial charge < -0.3 is 10.2 Å². The molecular weight excluding hydrogens is 575 g/mol. The van der Waals surface area contributed by atoms with Crippen LogP contribution in [0.1, 0.15) is 48.5 Å². The van der Waals surface area contributed by atoms with Gasteiger partial charge in [0, 0.05) is 44.1 Å². The number of hydrogen-bond donors (Lipinski definition) is 1. The van der Waals surface area contributed by atoms with Crippen molar-refractivity contribution in [3.05, 3.63) is 134 Å². The first-order chi connectivity index (χ1) is 17.9. The van der Waals surface area contributed by atoms with Gasteiger partial charge in [0.1, 0.15) is 0 Å². The summed E-state index contributed by atoms with van der Waals surface area (Å²) in [6.45, 7) is 0. The Bertz CT molecular complexity index is 1740. The Morgan fingerprint density at radius 3 is 2.19 bits per heavy atom. The second kappa shape index (κ2) is 7.73. The number of benzene rings is 4. The monoisotopic (exact) mass is 594 g/mol. The first kappa shape index (κ1) is 22.2. The number of nitrogens with zero attached hydrogens (tertiary/aromatic N) is 1. The van der Waals surface area contributed by atoms with Crippen LogP contribution in [0.4, 0.5) is 11.4 Å². The van der Waals surface area contributed by atoms with Crippen LogP contribution >= 0.6 is 22.6 Å². The Morgan fingerprint density at radius 1 is 0.757 bits per heavy atom. The van der Waals surface area contributed by atoms with Crippen LogP contribution in [0.15, 0.2) is 91.0 Å². The molecule has 4 aromatic carbocycles. The number of fused-ring (bicyclic) bond motifs is 6. The van der Waals surface area contributed by atoms with Gasteiger partial charge in [-0.3, -0.25) is 14.4 Å². The number of rotatable bonds is 1. The molecule has 2 heterocycles. The zero-order chi connectivity index (χ0) is 25.5. The van der Waals surface area contributed by atoms with E-state index in [0.29, 0.717) is 27.9 Å². The third kappa shape index (κ3) is 2.93. The lowest BCUT2D eigenvalue weighted by molar-refractivity contribution is -0.120. The predicted molar refractivity (Wildman–Crippen MR) is 151 cm³/mol. The Hall–Kier alpha value is -4.04. The molecule has 0 unspecified atom stereocenters. The van der Waals surface area contributed by atoms with E-state index in [1.807, 2.05) is 60.7 Å². The van der Waals surface area contributed by atoms with E-state index in [1.54, 1.807) is 42.3 Å². The molecule has 178 valence electrons. The molecule has 7 rings (SSSR count). The summed E-state index contributed by atoms with van der Waals surface area (Å²) in [6.07, 6.45) is 1.97. The lowest BCUT2D eigenvalue weighted by Gasteiger charge is -2.36. The van der Waals surface area contributed by atoms with Gasteiger partial charge in [-0.1, -0.05) is 60.7 Å². The van der Waals surface area contributed by atoms with Gasteiger partial charge in [0.25, 0.3) is 5.91 Å². The number of carbonyl (C=O) groups excluding carboxylic acids is 3. The Balaban J connectivity index is 1.56. The molecule has 0 radical (unpaired) electrons. The summed E-state index contributed by atoms with van der Waals surface area (Å²) < 4.78 is 0.997. The minimum atomic E-state index is -1.22. The van der Waals surface area contributed by atoms with Crippen molar-refractivity contribution < 1.29 is 14.4 Å². The fraction of sp³-hybridized carbons (Fsp3) is 0.0645. The van der Waals surface area contributed by atoms with Gasteiger partial charge in [0.05, 0.1) is 11.3 Å². The highest BCUT2D eigenvalue weighted by atomic mass is 127. The normalized spacial score (nSPS) is 19.1. The number of halogens is 1. The second-order valence-electron chi connectivity index (χ2n) is 9.50. The summed E-state index contributed by atoms with van der Waals surface area (Å²) in [4.78, 5) is 43.1. The smallest absolute Gasteiger partial charge is 0.261 e. The van der Waals surface area contributed by atoms with Crippen molar-refractivity contribution in [3.63, 3.8) is 0 Å². The van der Waals surface area contributed by atoms with E-state index in [-0.39, 0.29) is 17.5 Å². The fourth-order valence-corrected chi connectivity index (χ4v) is 6.28. The third-order valence-corrected chi connectivity index (χ3v) is 8.21. The quantitative estimate of drug-likeness (QED) is 0.250. The highest BCUT2D eigenvalue weighted by molar-refractivity contribution is 14.1. The Labute approximate surface area is 227 Å². The minimum absolute atomic E-state index is 0.142. The van der Waals surface area contributed by atoms with Crippen LogP contribution in [0, 0.1) is 3.57 Å². The summed E-state index contributed by atoms with van der Waals surface area (Å²) in [7, 11) is 1.77. The SMILES string of the molecule is CN1C(=O)[C@@]2(C=C(c3ccccc3)c3ccc4c(c3N2)C(=O)c2ccccc2C4=O)c2cc(I)ccc21. The van der Waals surface area contributed by atoms with Gasteiger partial charge in [-0.15, -0.1) is 0 Å². The fourth-order valence-electron chi connectivity index (χ4n) is 5.79.